The van der Waals surface area contributed by atoms with Crippen LogP contribution >= 0.6 is 23.8 Å². The molecular formula is C19H20ClF2N3O2S. The molecule has 1 N–H and O–H groups in total. The van der Waals surface area contributed by atoms with Crippen molar-refractivity contribution < 1.29 is 18.3 Å². The molecule has 2 aliphatic heterocycles. The van der Waals surface area contributed by atoms with Crippen molar-refractivity contribution in [3.8, 4) is 0 Å². The van der Waals surface area contributed by atoms with Gasteiger partial charge in [-0.2, -0.15) is 0 Å². The van der Waals surface area contributed by atoms with Crippen molar-refractivity contribution in [3.05, 3.63) is 50.5 Å². The summed E-state index contributed by atoms with van der Waals surface area (Å²) in [7, 11) is 1.82. The van der Waals surface area contributed by atoms with Crippen LogP contribution in [0, 0.1) is 16.4 Å². The highest BCUT2D eigenvalue weighted by atomic mass is 35.5. The Morgan fingerprint density at radius 1 is 1.39 bits per heavy atom. The van der Waals surface area contributed by atoms with E-state index in [0.717, 1.165) is 11.4 Å². The number of carbonyl (C=O) groups excluding carboxylic acids is 1. The Kier molecular flexibility index (Phi) is 5.28. The van der Waals surface area contributed by atoms with Gasteiger partial charge in [0.2, 0.25) is 5.91 Å². The highest BCUT2D eigenvalue weighted by Gasteiger charge is 2.32. The van der Waals surface area contributed by atoms with E-state index in [1.807, 2.05) is 16.2 Å². The number of hydrogen-bond acceptors (Lipinski definition) is 3. The van der Waals surface area contributed by atoms with Gasteiger partial charge in [-0.25, -0.2) is 8.78 Å². The molecule has 2 aromatic rings. The van der Waals surface area contributed by atoms with Gasteiger partial charge in [0, 0.05) is 36.5 Å². The number of benzene rings is 1. The Labute approximate surface area is 171 Å². The van der Waals surface area contributed by atoms with Gasteiger partial charge in [0.15, 0.2) is 4.77 Å². The van der Waals surface area contributed by atoms with Crippen molar-refractivity contribution in [2.45, 2.75) is 37.8 Å². The first-order valence-electron chi connectivity index (χ1n) is 9.14. The van der Waals surface area contributed by atoms with Gasteiger partial charge in [-0.05, 0) is 37.2 Å². The molecule has 1 aromatic carbocycles. The molecule has 3 heterocycles. The van der Waals surface area contributed by atoms with Crippen LogP contribution in [0.5, 0.6) is 0 Å². The second kappa shape index (κ2) is 7.57. The predicted octanol–water partition coefficient (Wildman–Crippen LogP) is 3.28. The lowest BCUT2D eigenvalue weighted by atomic mass is 9.93. The molecule has 0 radical (unpaired) electrons. The molecule has 1 atom stereocenters. The molecule has 5 nitrogen and oxygen atoms in total. The summed E-state index contributed by atoms with van der Waals surface area (Å²) in [6, 6.07) is 2.44. The summed E-state index contributed by atoms with van der Waals surface area (Å²) < 4.78 is 38.1. The third-order valence-electron chi connectivity index (χ3n) is 5.52. The molecule has 1 amide bonds. The molecule has 0 bridgehead atoms. The highest BCUT2D eigenvalue weighted by molar-refractivity contribution is 7.71. The van der Waals surface area contributed by atoms with Gasteiger partial charge in [0.1, 0.15) is 11.6 Å². The Hall–Kier alpha value is -1.77. The van der Waals surface area contributed by atoms with E-state index in [2.05, 4.69) is 5.32 Å². The van der Waals surface area contributed by atoms with Gasteiger partial charge in [0.25, 0.3) is 0 Å². The van der Waals surface area contributed by atoms with E-state index in [9.17, 15) is 13.6 Å². The molecule has 0 spiro atoms. The molecular weight excluding hydrogens is 408 g/mol. The van der Waals surface area contributed by atoms with Gasteiger partial charge in [-0.1, -0.05) is 11.6 Å². The molecule has 1 saturated heterocycles. The summed E-state index contributed by atoms with van der Waals surface area (Å²) >= 11 is 11.3. The second-order valence-corrected chi connectivity index (χ2v) is 8.09. The van der Waals surface area contributed by atoms with Crippen LogP contribution in [0.1, 0.15) is 29.3 Å². The number of rotatable bonds is 5. The van der Waals surface area contributed by atoms with Gasteiger partial charge >= 0.3 is 0 Å². The maximum absolute atomic E-state index is 14.4. The van der Waals surface area contributed by atoms with E-state index in [4.69, 9.17) is 28.6 Å². The Balaban J connectivity index is 1.63. The molecule has 1 aromatic heterocycles. The van der Waals surface area contributed by atoms with E-state index >= 15 is 0 Å². The quantitative estimate of drug-likeness (QED) is 0.588. The lowest BCUT2D eigenvalue weighted by Gasteiger charge is -2.27. The summed E-state index contributed by atoms with van der Waals surface area (Å²) in [6.45, 7) is 1.70. The van der Waals surface area contributed by atoms with Gasteiger partial charge in [-0.15, -0.1) is 0 Å². The van der Waals surface area contributed by atoms with Crippen molar-refractivity contribution >= 4 is 29.7 Å². The summed E-state index contributed by atoms with van der Waals surface area (Å²) in [4.78, 5) is 12.4. The normalized spacial score (nSPS) is 18.8. The summed E-state index contributed by atoms with van der Waals surface area (Å²) in [6.07, 6.45) is 1.04. The number of amides is 1. The minimum Gasteiger partial charge on any atom is -0.377 e. The first kappa shape index (κ1) is 19.5. The lowest BCUT2D eigenvalue weighted by molar-refractivity contribution is -0.124. The number of imidazole rings is 1. The molecule has 0 aliphatic carbocycles. The maximum Gasteiger partial charge on any atom is 0.226 e. The number of aromatic nitrogens is 2. The topological polar surface area (TPSA) is 48.2 Å². The van der Waals surface area contributed by atoms with Crippen molar-refractivity contribution in [3.63, 3.8) is 0 Å². The van der Waals surface area contributed by atoms with Crippen LogP contribution in [0.25, 0.3) is 0 Å². The predicted molar refractivity (Wildman–Crippen MR) is 103 cm³/mol. The summed E-state index contributed by atoms with van der Waals surface area (Å²) in [5, 5.41) is 2.83. The van der Waals surface area contributed by atoms with E-state index in [1.165, 1.54) is 12.1 Å². The third-order valence-corrected chi connectivity index (χ3v) is 6.30. The highest BCUT2D eigenvalue weighted by Crippen LogP contribution is 2.37. The summed E-state index contributed by atoms with van der Waals surface area (Å²) in [5.41, 5.74) is 1.64. The van der Waals surface area contributed by atoms with Crippen LogP contribution < -0.4 is 5.32 Å². The average Bonchev–Trinajstić information content (AvgIpc) is 3.14. The molecule has 2 aliphatic rings. The monoisotopic (exact) mass is 427 g/mol. The zero-order valence-corrected chi connectivity index (χ0v) is 16.9. The number of nitrogens with zero attached hydrogens (tertiary/aromatic N) is 2. The van der Waals surface area contributed by atoms with E-state index in [-0.39, 0.29) is 41.3 Å². The molecule has 4 rings (SSSR count). The van der Waals surface area contributed by atoms with Crippen LogP contribution in [0.4, 0.5) is 8.78 Å². The van der Waals surface area contributed by atoms with Gasteiger partial charge < -0.3 is 19.2 Å². The minimum absolute atomic E-state index is 0.0252. The first-order chi connectivity index (χ1) is 13.4. The van der Waals surface area contributed by atoms with Crippen molar-refractivity contribution in [1.82, 2.24) is 14.5 Å². The molecule has 1 unspecified atom stereocenters. The number of ether oxygens (including phenoxy) is 1. The fourth-order valence-electron chi connectivity index (χ4n) is 3.98. The average molecular weight is 428 g/mol. The van der Waals surface area contributed by atoms with E-state index in [0.29, 0.717) is 31.0 Å². The fraction of sp³-hybridized carbons (Fsp3) is 0.474. The third kappa shape index (κ3) is 3.38. The maximum atomic E-state index is 14.4. The molecule has 0 saturated carbocycles. The van der Waals surface area contributed by atoms with Crippen molar-refractivity contribution in [1.29, 1.82) is 0 Å². The number of carbonyl (C=O) groups is 1. The van der Waals surface area contributed by atoms with Gasteiger partial charge in [0.05, 0.1) is 30.7 Å². The smallest absolute Gasteiger partial charge is 0.226 e. The largest absolute Gasteiger partial charge is 0.377 e. The Morgan fingerprint density at radius 2 is 2.14 bits per heavy atom. The van der Waals surface area contributed by atoms with Crippen LogP contribution in [-0.2, 0) is 36.0 Å². The minimum atomic E-state index is -0.723. The SMILES string of the molecule is Cn1c(CC(=O)NC2COC2)c2n(c1=S)CCC2Cc1c(F)ccc(Cl)c1F. The van der Waals surface area contributed by atoms with E-state index < -0.39 is 11.6 Å². The molecule has 28 heavy (non-hydrogen) atoms. The lowest BCUT2D eigenvalue weighted by Crippen LogP contribution is -2.49. The standard InChI is InChI=1S/C19H20ClF2N3O2S/c1-24-15(7-16(26)23-11-8-27-9-11)18-10(4-5-25(18)19(24)28)6-12-14(21)3-2-13(20)17(12)22/h2-3,10-11H,4-9H2,1H3,(H,23,26). The van der Waals surface area contributed by atoms with Crippen LogP contribution in [0.3, 0.4) is 0 Å². The van der Waals surface area contributed by atoms with Crippen LogP contribution in [0.15, 0.2) is 12.1 Å². The summed E-state index contributed by atoms with van der Waals surface area (Å²) in [5.74, 6) is -1.59. The number of halogens is 3. The number of hydrogen-bond donors (Lipinski definition) is 1. The Morgan fingerprint density at radius 3 is 2.82 bits per heavy atom. The van der Waals surface area contributed by atoms with Crippen molar-refractivity contribution in [2.75, 3.05) is 13.2 Å². The Bertz CT molecular complexity index is 1000. The number of fused-ring (bicyclic) bond motifs is 1. The van der Waals surface area contributed by atoms with Crippen LogP contribution in [-0.4, -0.2) is 34.3 Å². The molecule has 9 heteroatoms. The van der Waals surface area contributed by atoms with Gasteiger partial charge in [-0.3, -0.25) is 4.79 Å². The van der Waals surface area contributed by atoms with Crippen molar-refractivity contribution in [2.24, 2.45) is 7.05 Å². The van der Waals surface area contributed by atoms with Crippen LogP contribution in [0.2, 0.25) is 5.02 Å². The second-order valence-electron chi connectivity index (χ2n) is 7.32. The zero-order chi connectivity index (χ0) is 20.0. The molecule has 1 fully saturated rings. The van der Waals surface area contributed by atoms with E-state index in [1.54, 1.807) is 0 Å². The number of nitrogens with one attached hydrogen (secondary N) is 1. The fourth-order valence-corrected chi connectivity index (χ4v) is 4.46. The first-order valence-corrected chi connectivity index (χ1v) is 9.93. The molecule has 150 valence electrons. The zero-order valence-electron chi connectivity index (χ0n) is 15.3.